The van der Waals surface area contributed by atoms with E-state index in [2.05, 4.69) is 53.7 Å². The minimum absolute atomic E-state index is 0. The van der Waals surface area contributed by atoms with E-state index in [0.717, 1.165) is 0 Å². The SMILES string of the molecule is [Br][Pd]([Br])([Br])[Br].[H-].[K+]. The van der Waals surface area contributed by atoms with Crippen LogP contribution in [0, 0.1) is 0 Å². The van der Waals surface area contributed by atoms with Crippen molar-refractivity contribution >= 4 is 53.7 Å². The zero-order chi connectivity index (χ0) is 4.50. The van der Waals surface area contributed by atoms with Crippen molar-refractivity contribution in [3.8, 4) is 0 Å². The third-order valence-corrected chi connectivity index (χ3v) is 0. The van der Waals surface area contributed by atoms with E-state index in [1.165, 1.54) is 0 Å². The monoisotopic (exact) mass is 462 g/mol. The van der Waals surface area contributed by atoms with Crippen LogP contribution < -0.4 is 51.4 Å². The Morgan fingerprint density at radius 2 is 1.00 bits per heavy atom. The summed E-state index contributed by atoms with van der Waals surface area (Å²) < 4.78 is 0. The van der Waals surface area contributed by atoms with E-state index >= 15 is 0 Å². The van der Waals surface area contributed by atoms with Crippen LogP contribution in [-0.4, -0.2) is 0 Å². The van der Waals surface area contributed by atoms with Crippen molar-refractivity contribution in [1.82, 2.24) is 0 Å². The van der Waals surface area contributed by atoms with Gasteiger partial charge in [-0.05, 0) is 0 Å². The van der Waals surface area contributed by atoms with Crippen molar-refractivity contribution < 1.29 is 60.3 Å². The molecule has 0 heterocycles. The Hall–Kier alpha value is 4.22. The molecular formula is HBr4KPd. The minimum Gasteiger partial charge on any atom is -1.00 e. The summed E-state index contributed by atoms with van der Waals surface area (Å²) in [6, 6.07) is 0. The van der Waals surface area contributed by atoms with Gasteiger partial charge in [0.1, 0.15) is 0 Å². The van der Waals surface area contributed by atoms with Crippen LogP contribution in [0.25, 0.3) is 0 Å². The van der Waals surface area contributed by atoms with Crippen molar-refractivity contribution in [2.45, 2.75) is 0 Å². The van der Waals surface area contributed by atoms with Gasteiger partial charge < -0.3 is 1.43 Å². The summed E-state index contributed by atoms with van der Waals surface area (Å²) in [6.45, 7) is 0. The predicted molar refractivity (Wildman–Crippen MR) is 36.8 cm³/mol. The Morgan fingerprint density at radius 1 is 1.00 bits per heavy atom. The largest absolute Gasteiger partial charge is 1.00 e. The molecule has 0 aliphatic heterocycles. The molecule has 0 saturated heterocycles. The number of rotatable bonds is 0. The predicted octanol–water partition coefficient (Wildman–Crippen LogP) is 0.496. The number of halogens is 4. The molecule has 0 spiro atoms. The molecule has 0 atom stereocenters. The maximum Gasteiger partial charge on any atom is 1.00 e. The Balaban J connectivity index is -0.0000000800. The second-order valence-corrected chi connectivity index (χ2v) is 43.3. The third kappa shape index (κ3) is 24.1. The van der Waals surface area contributed by atoms with Crippen molar-refractivity contribution in [3.05, 3.63) is 0 Å². The van der Waals surface area contributed by atoms with E-state index in [4.69, 9.17) is 0 Å². The normalized spacial score (nSPS) is 12.7. The molecule has 6 heavy (non-hydrogen) atoms. The molecule has 6 heteroatoms. The van der Waals surface area contributed by atoms with E-state index in [1.807, 2.05) is 0 Å². The van der Waals surface area contributed by atoms with E-state index in [0.29, 0.717) is 0 Å². The Bertz CT molecular complexity index is 27.2. The van der Waals surface area contributed by atoms with Gasteiger partial charge in [-0.1, -0.05) is 0 Å². The summed E-state index contributed by atoms with van der Waals surface area (Å²) in [7, 11) is -1.45. The van der Waals surface area contributed by atoms with Crippen molar-refractivity contribution in [1.29, 1.82) is 0 Å². The maximum atomic E-state index is 3.28. The zero-order valence-corrected chi connectivity index (χ0v) is 13.8. The van der Waals surface area contributed by atoms with Crippen LogP contribution in [0.3, 0.4) is 0 Å². The van der Waals surface area contributed by atoms with Crippen molar-refractivity contribution in [2.24, 2.45) is 0 Å². The first-order valence-electron chi connectivity index (χ1n) is 0.478. The molecule has 0 bridgehead atoms. The fourth-order valence-corrected chi connectivity index (χ4v) is 0. The van der Waals surface area contributed by atoms with Gasteiger partial charge in [0.25, 0.3) is 0 Å². The van der Waals surface area contributed by atoms with Crippen LogP contribution in [0.1, 0.15) is 1.43 Å². The number of hydrogen-bond acceptors (Lipinski definition) is 0. The summed E-state index contributed by atoms with van der Waals surface area (Å²) in [5.41, 5.74) is 0. The Morgan fingerprint density at radius 3 is 1.00 bits per heavy atom. The quantitative estimate of drug-likeness (QED) is 0.457. The molecule has 0 saturated carbocycles. The molecular weight excluding hydrogens is 465 g/mol. The first-order chi connectivity index (χ1) is 2.00. The van der Waals surface area contributed by atoms with Crippen molar-refractivity contribution in [2.75, 3.05) is 0 Å². The first-order valence-corrected chi connectivity index (χ1v) is 14.7. The molecule has 0 unspecified atom stereocenters. The molecule has 0 aliphatic rings. The van der Waals surface area contributed by atoms with Gasteiger partial charge in [-0.15, -0.1) is 0 Å². The van der Waals surface area contributed by atoms with E-state index < -0.39 is 7.47 Å². The zero-order valence-electron chi connectivity index (χ0n) is 3.83. The van der Waals surface area contributed by atoms with Gasteiger partial charge in [0.2, 0.25) is 0 Å². The summed E-state index contributed by atoms with van der Waals surface area (Å²) in [5, 5.41) is 0. The molecule has 0 fully saturated rings. The fourth-order valence-electron chi connectivity index (χ4n) is 0. The fraction of sp³-hybridized carbons (Fsp3) is 0. The molecule has 0 nitrogen and oxygen atoms in total. The summed E-state index contributed by atoms with van der Waals surface area (Å²) in [4.78, 5) is 0. The van der Waals surface area contributed by atoms with Gasteiger partial charge in [-0.3, -0.25) is 0 Å². The standard InChI is InChI=1S/4BrH.K.Pd.H/h4*1H;;;/q;;;;+1;+4;-1/p-4. The minimum atomic E-state index is -1.45. The maximum absolute atomic E-state index is 3.28. The van der Waals surface area contributed by atoms with Gasteiger partial charge in [0.05, 0.1) is 0 Å². The molecule has 40 valence electrons. The summed E-state index contributed by atoms with van der Waals surface area (Å²) >= 11 is 13.1. The average Bonchev–Trinajstić information content (AvgIpc) is 0.722. The Kier molecular flexibility index (Phi) is 12.8. The smallest absolute Gasteiger partial charge is 1.00 e. The van der Waals surface area contributed by atoms with Crippen LogP contribution in [-0.2, 0) is 7.47 Å². The van der Waals surface area contributed by atoms with Gasteiger partial charge in [0, 0.05) is 0 Å². The van der Waals surface area contributed by atoms with Gasteiger partial charge in [-0.25, -0.2) is 0 Å². The van der Waals surface area contributed by atoms with Crippen LogP contribution in [0.4, 0.5) is 0 Å². The van der Waals surface area contributed by atoms with E-state index in [9.17, 15) is 0 Å². The second-order valence-electron chi connectivity index (χ2n) is 0.271. The molecule has 0 radical (unpaired) electrons. The Labute approximate surface area is 110 Å². The number of hydrogen-bond donors (Lipinski definition) is 0. The average molecular weight is 466 g/mol. The van der Waals surface area contributed by atoms with Crippen molar-refractivity contribution in [3.63, 3.8) is 0 Å². The van der Waals surface area contributed by atoms with Crippen LogP contribution in [0.5, 0.6) is 0 Å². The second kappa shape index (κ2) is 5.96. The molecule has 0 aliphatic carbocycles. The van der Waals surface area contributed by atoms with Crippen LogP contribution in [0.15, 0.2) is 0 Å². The third-order valence-electron chi connectivity index (χ3n) is 0. The molecule has 0 aromatic carbocycles. The molecule has 0 aromatic heterocycles. The van der Waals surface area contributed by atoms with Gasteiger partial charge >= 0.3 is 113 Å². The topological polar surface area (TPSA) is 0 Å². The molecule has 0 rings (SSSR count). The molecule has 0 aromatic rings. The summed E-state index contributed by atoms with van der Waals surface area (Å²) in [6.07, 6.45) is 0. The van der Waals surface area contributed by atoms with E-state index in [-0.39, 0.29) is 52.8 Å². The van der Waals surface area contributed by atoms with Gasteiger partial charge in [0.15, 0.2) is 0 Å². The summed E-state index contributed by atoms with van der Waals surface area (Å²) in [5.74, 6) is 0. The van der Waals surface area contributed by atoms with Crippen LogP contribution in [0.2, 0.25) is 0 Å². The van der Waals surface area contributed by atoms with Crippen LogP contribution >= 0.6 is 53.7 Å². The molecule has 0 amide bonds. The van der Waals surface area contributed by atoms with E-state index in [1.54, 1.807) is 0 Å². The first kappa shape index (κ1) is 12.9. The van der Waals surface area contributed by atoms with Gasteiger partial charge in [-0.2, -0.15) is 0 Å². The molecule has 0 N–H and O–H groups in total.